The number of hydrogen-bond donors (Lipinski definition) is 1. The Bertz CT molecular complexity index is 723. The van der Waals surface area contributed by atoms with Crippen molar-refractivity contribution in [1.82, 2.24) is 0 Å². The minimum Gasteiger partial charge on any atom is -0.384 e. The van der Waals surface area contributed by atoms with Crippen LogP contribution in [0, 0.1) is 0 Å². The van der Waals surface area contributed by atoms with Gasteiger partial charge in [-0.05, 0) is 34.7 Å². The van der Waals surface area contributed by atoms with E-state index in [1.54, 1.807) is 0 Å². The van der Waals surface area contributed by atoms with Crippen molar-refractivity contribution in [1.29, 1.82) is 0 Å². The fourth-order valence-corrected chi connectivity index (χ4v) is 3.37. The molecule has 0 radical (unpaired) electrons. The van der Waals surface area contributed by atoms with Crippen LogP contribution in [0.15, 0.2) is 78.9 Å². The fourth-order valence-electron chi connectivity index (χ4n) is 3.37. The maximum atomic E-state index is 3.45. The van der Waals surface area contributed by atoms with Crippen molar-refractivity contribution in [2.75, 3.05) is 11.9 Å². The summed E-state index contributed by atoms with van der Waals surface area (Å²) in [5.41, 5.74) is 6.80. The average molecular weight is 285 g/mol. The van der Waals surface area contributed by atoms with Gasteiger partial charge in [-0.3, -0.25) is 0 Å². The van der Waals surface area contributed by atoms with Gasteiger partial charge in [0.05, 0.1) is 0 Å². The van der Waals surface area contributed by atoms with E-state index in [4.69, 9.17) is 0 Å². The molecule has 1 N–H and O–H groups in total. The van der Waals surface area contributed by atoms with Crippen molar-refractivity contribution in [3.05, 3.63) is 101 Å². The zero-order valence-electron chi connectivity index (χ0n) is 12.5. The molecule has 0 atom stereocenters. The highest BCUT2D eigenvalue weighted by Gasteiger charge is 2.19. The molecule has 0 saturated carbocycles. The molecule has 0 unspecified atom stereocenters. The van der Waals surface area contributed by atoms with Gasteiger partial charge in [0.1, 0.15) is 0 Å². The van der Waals surface area contributed by atoms with Crippen LogP contribution in [0.1, 0.15) is 28.2 Å². The molecule has 0 amide bonds. The van der Waals surface area contributed by atoms with Crippen molar-refractivity contribution >= 4 is 5.69 Å². The summed E-state index contributed by atoms with van der Waals surface area (Å²) >= 11 is 0. The summed E-state index contributed by atoms with van der Waals surface area (Å²) in [4.78, 5) is 0. The van der Waals surface area contributed by atoms with Gasteiger partial charge in [-0.2, -0.15) is 0 Å². The lowest BCUT2D eigenvalue weighted by molar-refractivity contribution is 0.972. The second-order valence-corrected chi connectivity index (χ2v) is 5.85. The predicted octanol–water partition coefficient (Wildman–Crippen LogP) is 4.83. The third kappa shape index (κ3) is 2.39. The normalized spacial score (nSPS) is 13.0. The molecule has 108 valence electrons. The Hall–Kier alpha value is -2.54. The van der Waals surface area contributed by atoms with Crippen molar-refractivity contribution in [3.63, 3.8) is 0 Å². The first-order valence-corrected chi connectivity index (χ1v) is 7.88. The Morgan fingerprint density at radius 2 is 1.32 bits per heavy atom. The smallest absolute Gasteiger partial charge is 0.0373 e. The van der Waals surface area contributed by atoms with E-state index in [-0.39, 0.29) is 0 Å². The van der Waals surface area contributed by atoms with Gasteiger partial charge < -0.3 is 5.32 Å². The number of rotatable bonds is 3. The first-order valence-electron chi connectivity index (χ1n) is 7.88. The van der Waals surface area contributed by atoms with E-state index in [1.807, 2.05) is 0 Å². The zero-order chi connectivity index (χ0) is 14.8. The van der Waals surface area contributed by atoms with E-state index in [0.29, 0.717) is 5.92 Å². The SMILES string of the molecule is c1ccc(C(c2ccccc2)c2ccc3c(c2)CCN3)cc1. The van der Waals surface area contributed by atoms with Gasteiger partial charge in [-0.15, -0.1) is 0 Å². The molecule has 0 aliphatic carbocycles. The molecule has 22 heavy (non-hydrogen) atoms. The average Bonchev–Trinajstić information content (AvgIpc) is 3.05. The van der Waals surface area contributed by atoms with E-state index < -0.39 is 0 Å². The van der Waals surface area contributed by atoms with Crippen LogP contribution < -0.4 is 5.32 Å². The highest BCUT2D eigenvalue weighted by atomic mass is 14.9. The standard InChI is InChI=1S/C21H19N/c1-3-7-16(8-4-1)21(17-9-5-2-6-10-17)19-11-12-20-18(15-19)13-14-22-20/h1-12,15,21-22H,13-14H2. The Balaban J connectivity index is 1.84. The van der Waals surface area contributed by atoms with Gasteiger partial charge in [0.2, 0.25) is 0 Å². The van der Waals surface area contributed by atoms with E-state index >= 15 is 0 Å². The molecule has 0 fully saturated rings. The van der Waals surface area contributed by atoms with Crippen LogP contribution in [-0.4, -0.2) is 6.54 Å². The third-order valence-corrected chi connectivity index (χ3v) is 4.44. The highest BCUT2D eigenvalue weighted by Crippen LogP contribution is 2.34. The maximum Gasteiger partial charge on any atom is 0.0373 e. The number of anilines is 1. The summed E-state index contributed by atoms with van der Waals surface area (Å²) in [6.45, 7) is 1.06. The summed E-state index contributed by atoms with van der Waals surface area (Å²) in [6, 6.07) is 28.4. The maximum absolute atomic E-state index is 3.45. The highest BCUT2D eigenvalue weighted by molar-refractivity contribution is 5.58. The molecule has 0 bridgehead atoms. The van der Waals surface area contributed by atoms with Crippen LogP contribution in [0.25, 0.3) is 0 Å². The van der Waals surface area contributed by atoms with E-state index in [0.717, 1.165) is 13.0 Å². The summed E-state index contributed by atoms with van der Waals surface area (Å²) < 4.78 is 0. The molecule has 1 nitrogen and oxygen atoms in total. The van der Waals surface area contributed by atoms with E-state index in [9.17, 15) is 0 Å². The van der Waals surface area contributed by atoms with E-state index in [1.165, 1.54) is 27.9 Å². The summed E-state index contributed by atoms with van der Waals surface area (Å²) in [5.74, 6) is 0.299. The molecular weight excluding hydrogens is 266 g/mol. The molecule has 1 heterocycles. The van der Waals surface area contributed by atoms with E-state index in [2.05, 4.69) is 84.2 Å². The number of fused-ring (bicyclic) bond motifs is 1. The molecule has 1 aliphatic heterocycles. The van der Waals surface area contributed by atoms with Crippen LogP contribution in [0.5, 0.6) is 0 Å². The third-order valence-electron chi connectivity index (χ3n) is 4.44. The zero-order valence-corrected chi connectivity index (χ0v) is 12.5. The summed E-state index contributed by atoms with van der Waals surface area (Å²) in [6.07, 6.45) is 1.12. The van der Waals surface area contributed by atoms with Gasteiger partial charge in [0, 0.05) is 18.2 Å². The Kier molecular flexibility index (Phi) is 3.40. The molecular formula is C21H19N. The van der Waals surface area contributed by atoms with Gasteiger partial charge >= 0.3 is 0 Å². The first-order chi connectivity index (χ1) is 10.9. The molecule has 0 saturated heterocycles. The minimum absolute atomic E-state index is 0.299. The van der Waals surface area contributed by atoms with Crippen molar-refractivity contribution in [3.8, 4) is 0 Å². The predicted molar refractivity (Wildman–Crippen MR) is 92.5 cm³/mol. The van der Waals surface area contributed by atoms with Crippen molar-refractivity contribution in [2.45, 2.75) is 12.3 Å². The summed E-state index contributed by atoms with van der Waals surface area (Å²) in [7, 11) is 0. The molecule has 4 rings (SSSR count). The monoisotopic (exact) mass is 285 g/mol. The van der Waals surface area contributed by atoms with Gasteiger partial charge in [0.15, 0.2) is 0 Å². The Labute approximate surface area is 131 Å². The van der Waals surface area contributed by atoms with Crippen LogP contribution in [0.4, 0.5) is 5.69 Å². The fraction of sp³-hybridized carbons (Fsp3) is 0.143. The molecule has 3 aromatic carbocycles. The van der Waals surface area contributed by atoms with Crippen LogP contribution >= 0.6 is 0 Å². The first kappa shape index (κ1) is 13.1. The second kappa shape index (κ2) is 5.69. The number of benzene rings is 3. The van der Waals surface area contributed by atoms with Gasteiger partial charge in [-0.1, -0.05) is 72.8 Å². The van der Waals surface area contributed by atoms with Crippen LogP contribution in [0.2, 0.25) is 0 Å². The van der Waals surface area contributed by atoms with Crippen LogP contribution in [-0.2, 0) is 6.42 Å². The topological polar surface area (TPSA) is 12.0 Å². The lowest BCUT2D eigenvalue weighted by Crippen LogP contribution is -2.03. The molecule has 0 aromatic heterocycles. The van der Waals surface area contributed by atoms with Crippen molar-refractivity contribution in [2.24, 2.45) is 0 Å². The molecule has 0 spiro atoms. The molecule has 1 heteroatoms. The molecule has 1 aliphatic rings. The summed E-state index contributed by atoms with van der Waals surface area (Å²) in [5, 5.41) is 3.45. The number of hydrogen-bond acceptors (Lipinski definition) is 1. The lowest BCUT2D eigenvalue weighted by atomic mass is 9.84. The van der Waals surface area contributed by atoms with Gasteiger partial charge in [0.25, 0.3) is 0 Å². The Morgan fingerprint density at radius 3 is 1.95 bits per heavy atom. The second-order valence-electron chi connectivity index (χ2n) is 5.85. The Morgan fingerprint density at radius 1 is 0.682 bits per heavy atom. The minimum atomic E-state index is 0.299. The number of nitrogens with one attached hydrogen (secondary N) is 1. The van der Waals surface area contributed by atoms with Crippen molar-refractivity contribution < 1.29 is 0 Å². The van der Waals surface area contributed by atoms with Gasteiger partial charge in [-0.25, -0.2) is 0 Å². The quantitative estimate of drug-likeness (QED) is 0.679. The van der Waals surface area contributed by atoms with Crippen LogP contribution in [0.3, 0.4) is 0 Å². The lowest BCUT2D eigenvalue weighted by Gasteiger charge is -2.19. The largest absolute Gasteiger partial charge is 0.384 e. The molecule has 3 aromatic rings.